The standard InChI is InChI=1S/C13H18O2/c1-8-10-6-2-4-9-5-3-7-11(9)12(10)15-13(8)14/h9-12H,1-7H2/t9-,10+,11+,12-/m1/s1. The van der Waals surface area contributed by atoms with Crippen LogP contribution in [-0.4, -0.2) is 12.1 Å². The number of rotatable bonds is 0. The summed E-state index contributed by atoms with van der Waals surface area (Å²) in [6.45, 7) is 3.90. The SMILES string of the molecule is C=C1C(=O)O[C@H]2[C@H]3CCC[C@H]3CCC[C@@H]12. The Bertz CT molecular complexity index is 308. The maximum atomic E-state index is 11.5. The molecule has 2 saturated carbocycles. The highest BCUT2D eigenvalue weighted by Crippen LogP contribution is 2.48. The van der Waals surface area contributed by atoms with E-state index in [9.17, 15) is 4.79 Å². The highest BCUT2D eigenvalue weighted by atomic mass is 16.6. The molecule has 82 valence electrons. The summed E-state index contributed by atoms with van der Waals surface area (Å²) in [5.41, 5.74) is 0.743. The molecule has 2 nitrogen and oxygen atoms in total. The highest BCUT2D eigenvalue weighted by molar-refractivity contribution is 5.90. The summed E-state index contributed by atoms with van der Waals surface area (Å²) >= 11 is 0. The van der Waals surface area contributed by atoms with Crippen LogP contribution in [0.25, 0.3) is 0 Å². The van der Waals surface area contributed by atoms with Crippen molar-refractivity contribution in [3.63, 3.8) is 0 Å². The Morgan fingerprint density at radius 1 is 1.13 bits per heavy atom. The molecule has 2 aliphatic carbocycles. The normalized spacial score (nSPS) is 44.5. The van der Waals surface area contributed by atoms with Gasteiger partial charge in [-0.25, -0.2) is 4.79 Å². The molecule has 1 saturated heterocycles. The first kappa shape index (κ1) is 9.44. The summed E-state index contributed by atoms with van der Waals surface area (Å²) < 4.78 is 5.53. The molecular weight excluding hydrogens is 188 g/mol. The van der Waals surface area contributed by atoms with Crippen molar-refractivity contribution in [2.45, 2.75) is 44.6 Å². The zero-order chi connectivity index (χ0) is 10.4. The largest absolute Gasteiger partial charge is 0.458 e. The zero-order valence-electron chi connectivity index (χ0n) is 9.08. The number of hydrogen-bond acceptors (Lipinski definition) is 2. The zero-order valence-corrected chi connectivity index (χ0v) is 9.08. The highest BCUT2D eigenvalue weighted by Gasteiger charge is 2.47. The molecule has 0 aromatic heterocycles. The maximum Gasteiger partial charge on any atom is 0.334 e. The summed E-state index contributed by atoms with van der Waals surface area (Å²) in [6.07, 6.45) is 7.80. The Morgan fingerprint density at radius 3 is 2.67 bits per heavy atom. The van der Waals surface area contributed by atoms with E-state index in [4.69, 9.17) is 4.74 Å². The van der Waals surface area contributed by atoms with Crippen molar-refractivity contribution < 1.29 is 9.53 Å². The van der Waals surface area contributed by atoms with E-state index in [2.05, 4.69) is 6.58 Å². The molecule has 0 bridgehead atoms. The van der Waals surface area contributed by atoms with Crippen molar-refractivity contribution in [3.8, 4) is 0 Å². The number of fused-ring (bicyclic) bond motifs is 3. The molecule has 3 aliphatic rings. The first-order chi connectivity index (χ1) is 7.27. The van der Waals surface area contributed by atoms with Crippen LogP contribution in [0.4, 0.5) is 0 Å². The fourth-order valence-electron chi connectivity index (χ4n) is 3.81. The number of carbonyl (C=O) groups is 1. The van der Waals surface area contributed by atoms with Gasteiger partial charge in [-0.05, 0) is 24.7 Å². The molecule has 0 amide bonds. The molecule has 1 aliphatic heterocycles. The molecule has 2 heteroatoms. The lowest BCUT2D eigenvalue weighted by atomic mass is 9.84. The van der Waals surface area contributed by atoms with Crippen LogP contribution in [0.1, 0.15) is 38.5 Å². The Balaban J connectivity index is 1.89. The van der Waals surface area contributed by atoms with Gasteiger partial charge in [-0.1, -0.05) is 32.3 Å². The van der Waals surface area contributed by atoms with Crippen LogP contribution in [0.5, 0.6) is 0 Å². The van der Waals surface area contributed by atoms with E-state index in [0.717, 1.165) is 17.9 Å². The van der Waals surface area contributed by atoms with Crippen molar-refractivity contribution in [1.29, 1.82) is 0 Å². The molecule has 0 spiro atoms. The molecule has 0 aromatic carbocycles. The van der Waals surface area contributed by atoms with E-state index < -0.39 is 0 Å². The average molecular weight is 206 g/mol. The fourth-order valence-corrected chi connectivity index (χ4v) is 3.81. The van der Waals surface area contributed by atoms with E-state index >= 15 is 0 Å². The summed E-state index contributed by atoms with van der Waals surface area (Å²) in [4.78, 5) is 11.5. The molecule has 0 unspecified atom stereocenters. The van der Waals surface area contributed by atoms with Crippen LogP contribution in [0.3, 0.4) is 0 Å². The van der Waals surface area contributed by atoms with Gasteiger partial charge in [-0.3, -0.25) is 0 Å². The second kappa shape index (κ2) is 3.36. The lowest BCUT2D eigenvalue weighted by Crippen LogP contribution is -2.27. The van der Waals surface area contributed by atoms with Gasteiger partial charge in [-0.15, -0.1) is 0 Å². The van der Waals surface area contributed by atoms with Gasteiger partial charge in [0.15, 0.2) is 0 Å². The molecule has 3 fully saturated rings. The number of esters is 1. The Kier molecular flexibility index (Phi) is 2.11. The first-order valence-corrected chi connectivity index (χ1v) is 6.17. The van der Waals surface area contributed by atoms with Gasteiger partial charge in [0, 0.05) is 11.5 Å². The van der Waals surface area contributed by atoms with Gasteiger partial charge in [0.2, 0.25) is 0 Å². The van der Waals surface area contributed by atoms with Crippen LogP contribution in [0.2, 0.25) is 0 Å². The summed E-state index contributed by atoms with van der Waals surface area (Å²) in [5, 5.41) is 0. The Labute approximate surface area is 90.7 Å². The van der Waals surface area contributed by atoms with Crippen LogP contribution in [0.15, 0.2) is 12.2 Å². The minimum atomic E-state index is -0.127. The predicted octanol–water partition coefficient (Wildman–Crippen LogP) is 2.68. The van der Waals surface area contributed by atoms with E-state index in [0.29, 0.717) is 11.8 Å². The lowest BCUT2D eigenvalue weighted by Gasteiger charge is -2.24. The molecule has 1 heterocycles. The Hall–Kier alpha value is -0.790. The summed E-state index contributed by atoms with van der Waals surface area (Å²) in [7, 11) is 0. The van der Waals surface area contributed by atoms with E-state index in [1.165, 1.54) is 32.1 Å². The smallest absolute Gasteiger partial charge is 0.334 e. The second-order valence-electron chi connectivity index (χ2n) is 5.29. The maximum absolute atomic E-state index is 11.5. The average Bonchev–Trinajstić information content (AvgIpc) is 2.73. The summed E-state index contributed by atoms with van der Waals surface area (Å²) in [5.74, 6) is 1.67. The number of carbonyl (C=O) groups excluding carboxylic acids is 1. The van der Waals surface area contributed by atoms with Gasteiger partial charge in [0.25, 0.3) is 0 Å². The third kappa shape index (κ3) is 1.34. The van der Waals surface area contributed by atoms with Crippen LogP contribution < -0.4 is 0 Å². The third-order valence-corrected chi connectivity index (χ3v) is 4.58. The molecule has 3 rings (SSSR count). The molecule has 0 aromatic rings. The molecular formula is C13H18O2. The number of ether oxygens (including phenoxy) is 1. The van der Waals surface area contributed by atoms with Crippen LogP contribution >= 0.6 is 0 Å². The van der Waals surface area contributed by atoms with Crippen molar-refractivity contribution in [2.75, 3.05) is 0 Å². The second-order valence-corrected chi connectivity index (χ2v) is 5.29. The van der Waals surface area contributed by atoms with Crippen molar-refractivity contribution in [1.82, 2.24) is 0 Å². The molecule has 0 radical (unpaired) electrons. The van der Waals surface area contributed by atoms with Gasteiger partial charge in [0.1, 0.15) is 6.10 Å². The topological polar surface area (TPSA) is 26.3 Å². The minimum absolute atomic E-state index is 0.127. The molecule has 15 heavy (non-hydrogen) atoms. The molecule has 0 N–H and O–H groups in total. The number of hydrogen-bond donors (Lipinski definition) is 0. The third-order valence-electron chi connectivity index (χ3n) is 4.58. The van der Waals surface area contributed by atoms with Crippen LogP contribution in [0, 0.1) is 17.8 Å². The lowest BCUT2D eigenvalue weighted by molar-refractivity contribution is -0.141. The Morgan fingerprint density at radius 2 is 1.87 bits per heavy atom. The van der Waals surface area contributed by atoms with Gasteiger partial charge >= 0.3 is 5.97 Å². The van der Waals surface area contributed by atoms with E-state index in [1.807, 2.05) is 0 Å². The van der Waals surface area contributed by atoms with Crippen molar-refractivity contribution in [3.05, 3.63) is 12.2 Å². The van der Waals surface area contributed by atoms with E-state index in [-0.39, 0.29) is 12.1 Å². The van der Waals surface area contributed by atoms with Gasteiger partial charge < -0.3 is 4.74 Å². The first-order valence-electron chi connectivity index (χ1n) is 6.17. The van der Waals surface area contributed by atoms with E-state index in [1.54, 1.807) is 0 Å². The monoisotopic (exact) mass is 206 g/mol. The van der Waals surface area contributed by atoms with Crippen molar-refractivity contribution >= 4 is 5.97 Å². The quantitative estimate of drug-likeness (QED) is 0.450. The van der Waals surface area contributed by atoms with Gasteiger partial charge in [-0.2, -0.15) is 0 Å². The van der Waals surface area contributed by atoms with Crippen LogP contribution in [-0.2, 0) is 9.53 Å². The minimum Gasteiger partial charge on any atom is -0.458 e. The van der Waals surface area contributed by atoms with Gasteiger partial charge in [0.05, 0.1) is 0 Å². The van der Waals surface area contributed by atoms with Crippen molar-refractivity contribution in [2.24, 2.45) is 17.8 Å². The molecule has 4 atom stereocenters. The summed E-state index contributed by atoms with van der Waals surface area (Å²) in [6, 6.07) is 0. The predicted molar refractivity (Wildman–Crippen MR) is 57.2 cm³/mol. The fraction of sp³-hybridized carbons (Fsp3) is 0.769.